The van der Waals surface area contributed by atoms with Gasteiger partial charge < -0.3 is 5.11 Å². The van der Waals surface area contributed by atoms with Gasteiger partial charge in [0.15, 0.2) is 5.69 Å². The molecular formula is C24H22Cl2N2O2. The summed E-state index contributed by atoms with van der Waals surface area (Å²) in [6.07, 6.45) is 6.71. The van der Waals surface area contributed by atoms with Crippen molar-refractivity contribution >= 4 is 40.8 Å². The van der Waals surface area contributed by atoms with Gasteiger partial charge in [-0.3, -0.25) is 0 Å². The van der Waals surface area contributed by atoms with Gasteiger partial charge in [-0.1, -0.05) is 60.8 Å². The average molecular weight is 441 g/mol. The summed E-state index contributed by atoms with van der Waals surface area (Å²) in [5.74, 6) is -1.03. The monoisotopic (exact) mass is 440 g/mol. The van der Waals surface area contributed by atoms with E-state index in [4.69, 9.17) is 23.2 Å². The van der Waals surface area contributed by atoms with Crippen LogP contribution in [0.15, 0.2) is 42.5 Å². The van der Waals surface area contributed by atoms with E-state index < -0.39 is 5.97 Å². The molecule has 154 valence electrons. The Balaban J connectivity index is 1.86. The molecule has 0 fully saturated rings. The number of halogens is 2. The first-order valence-electron chi connectivity index (χ1n) is 10.1. The number of aromatic nitrogens is 2. The minimum Gasteiger partial charge on any atom is -0.476 e. The fourth-order valence-corrected chi connectivity index (χ4v) is 4.49. The molecule has 0 spiro atoms. The maximum Gasteiger partial charge on any atom is 0.356 e. The van der Waals surface area contributed by atoms with Crippen molar-refractivity contribution in [2.75, 3.05) is 0 Å². The number of rotatable bonds is 5. The molecule has 1 aliphatic carbocycles. The molecule has 0 radical (unpaired) electrons. The molecule has 1 N–H and O–H groups in total. The van der Waals surface area contributed by atoms with E-state index in [1.165, 1.54) is 5.56 Å². The third kappa shape index (κ3) is 4.03. The van der Waals surface area contributed by atoms with E-state index in [0.29, 0.717) is 22.2 Å². The van der Waals surface area contributed by atoms with Gasteiger partial charge in [-0.2, -0.15) is 5.10 Å². The van der Waals surface area contributed by atoms with Gasteiger partial charge in [0.05, 0.1) is 16.4 Å². The van der Waals surface area contributed by atoms with Crippen molar-refractivity contribution in [2.45, 2.75) is 39.0 Å². The van der Waals surface area contributed by atoms with Gasteiger partial charge in [-0.25, -0.2) is 9.48 Å². The number of nitrogens with zero attached hydrogens (tertiary/aromatic N) is 2. The third-order valence-electron chi connectivity index (χ3n) is 5.36. The number of hydrogen-bond donors (Lipinski definition) is 1. The van der Waals surface area contributed by atoms with Crippen molar-refractivity contribution < 1.29 is 9.90 Å². The van der Waals surface area contributed by atoms with Crippen LogP contribution in [0.3, 0.4) is 0 Å². The van der Waals surface area contributed by atoms with E-state index in [1.807, 2.05) is 0 Å². The first-order chi connectivity index (χ1) is 14.5. The molecule has 1 aliphatic rings. The van der Waals surface area contributed by atoms with Crippen LogP contribution >= 0.6 is 23.2 Å². The molecule has 4 rings (SSSR count). The molecule has 0 saturated heterocycles. The van der Waals surface area contributed by atoms with Gasteiger partial charge in [-0.15, -0.1) is 0 Å². The fraction of sp³-hybridized carbons (Fsp3) is 0.250. The Morgan fingerprint density at radius 3 is 2.60 bits per heavy atom. The summed E-state index contributed by atoms with van der Waals surface area (Å²) in [6.45, 7) is 2.17. The highest BCUT2D eigenvalue weighted by Crippen LogP contribution is 2.37. The van der Waals surface area contributed by atoms with E-state index >= 15 is 0 Å². The fourth-order valence-electron chi connectivity index (χ4n) is 4.00. The molecule has 0 aliphatic heterocycles. The molecule has 30 heavy (non-hydrogen) atoms. The minimum absolute atomic E-state index is 0.0833. The summed E-state index contributed by atoms with van der Waals surface area (Å²) in [5.41, 5.74) is 5.75. The molecule has 0 amide bonds. The van der Waals surface area contributed by atoms with Crippen molar-refractivity contribution in [1.29, 1.82) is 0 Å². The second-order valence-electron chi connectivity index (χ2n) is 7.50. The van der Waals surface area contributed by atoms with Crippen LogP contribution in [0.2, 0.25) is 10.0 Å². The van der Waals surface area contributed by atoms with E-state index in [0.717, 1.165) is 48.1 Å². The summed E-state index contributed by atoms with van der Waals surface area (Å²) in [5, 5.41) is 15.1. The lowest BCUT2D eigenvalue weighted by Crippen LogP contribution is -2.08. The number of fused-ring (bicyclic) bond motifs is 1. The van der Waals surface area contributed by atoms with Gasteiger partial charge in [0.2, 0.25) is 0 Å². The van der Waals surface area contributed by atoms with Crippen molar-refractivity contribution in [3.05, 3.63) is 80.6 Å². The lowest BCUT2D eigenvalue weighted by atomic mass is 9.89. The normalized spacial score (nSPS) is 14.7. The standard InChI is InChI=1S/C24H22Cl2N2O2/c1-2-4-15-7-9-16(10-8-15)13-17-5-3-6-19-22(24(29)30)27-28(23(17)19)21-12-11-18(25)14-20(21)26/h7-14H,2-6H2,1H3,(H,29,30)/b17-13+. The summed E-state index contributed by atoms with van der Waals surface area (Å²) in [6, 6.07) is 13.7. The molecule has 0 unspecified atom stereocenters. The lowest BCUT2D eigenvalue weighted by Gasteiger charge is -2.19. The lowest BCUT2D eigenvalue weighted by molar-refractivity contribution is 0.0688. The Bertz CT molecular complexity index is 1130. The topological polar surface area (TPSA) is 55.1 Å². The number of benzene rings is 2. The highest BCUT2D eigenvalue weighted by atomic mass is 35.5. The largest absolute Gasteiger partial charge is 0.476 e. The highest BCUT2D eigenvalue weighted by molar-refractivity contribution is 6.35. The van der Waals surface area contributed by atoms with Crippen molar-refractivity contribution in [3.8, 4) is 5.69 Å². The van der Waals surface area contributed by atoms with Crippen LogP contribution in [0.4, 0.5) is 0 Å². The first-order valence-corrected chi connectivity index (χ1v) is 10.8. The second-order valence-corrected chi connectivity index (χ2v) is 8.35. The molecular weight excluding hydrogens is 419 g/mol. The predicted octanol–water partition coefficient (Wildman–Crippen LogP) is 6.71. The van der Waals surface area contributed by atoms with Gasteiger partial charge in [0, 0.05) is 10.6 Å². The summed E-state index contributed by atoms with van der Waals surface area (Å²) < 4.78 is 1.66. The highest BCUT2D eigenvalue weighted by Gasteiger charge is 2.28. The quantitative estimate of drug-likeness (QED) is 0.479. The molecule has 1 heterocycles. The van der Waals surface area contributed by atoms with Crippen LogP contribution in [-0.2, 0) is 12.8 Å². The van der Waals surface area contributed by atoms with E-state index in [-0.39, 0.29) is 5.69 Å². The second kappa shape index (κ2) is 8.66. The zero-order valence-electron chi connectivity index (χ0n) is 16.7. The number of carbonyl (C=O) groups is 1. The Kier molecular flexibility index (Phi) is 5.98. The van der Waals surface area contributed by atoms with Gasteiger partial charge >= 0.3 is 5.97 Å². The Morgan fingerprint density at radius 2 is 1.93 bits per heavy atom. The molecule has 3 aromatic rings. The Hall–Kier alpha value is -2.56. The number of allylic oxidation sites excluding steroid dienone is 1. The van der Waals surface area contributed by atoms with Crippen LogP contribution < -0.4 is 0 Å². The molecule has 0 atom stereocenters. The zero-order chi connectivity index (χ0) is 21.3. The van der Waals surface area contributed by atoms with E-state index in [1.54, 1.807) is 22.9 Å². The third-order valence-corrected chi connectivity index (χ3v) is 5.90. The molecule has 4 nitrogen and oxygen atoms in total. The molecule has 0 saturated carbocycles. The van der Waals surface area contributed by atoms with Crippen LogP contribution in [-0.4, -0.2) is 20.9 Å². The number of carboxylic acid groups (broad SMARTS) is 1. The van der Waals surface area contributed by atoms with Crippen LogP contribution in [0.25, 0.3) is 17.3 Å². The summed E-state index contributed by atoms with van der Waals surface area (Å²) >= 11 is 12.5. The average Bonchev–Trinajstić information content (AvgIpc) is 3.10. The van der Waals surface area contributed by atoms with Gasteiger partial charge in [-0.05, 0) is 66.7 Å². The molecule has 2 aromatic carbocycles. The Labute approximate surface area is 185 Å². The minimum atomic E-state index is -1.03. The van der Waals surface area contributed by atoms with Crippen LogP contribution in [0, 0.1) is 0 Å². The van der Waals surface area contributed by atoms with Gasteiger partial charge in [0.1, 0.15) is 0 Å². The summed E-state index contributed by atoms with van der Waals surface area (Å²) in [4.78, 5) is 11.9. The van der Waals surface area contributed by atoms with Crippen molar-refractivity contribution in [1.82, 2.24) is 9.78 Å². The number of carboxylic acids is 1. The van der Waals surface area contributed by atoms with Gasteiger partial charge in [0.25, 0.3) is 0 Å². The summed E-state index contributed by atoms with van der Waals surface area (Å²) in [7, 11) is 0. The van der Waals surface area contributed by atoms with Crippen LogP contribution in [0.1, 0.15) is 59.1 Å². The first kappa shape index (κ1) is 20.7. The van der Waals surface area contributed by atoms with E-state index in [2.05, 4.69) is 42.4 Å². The SMILES string of the molecule is CCCc1ccc(/C=C2\CCCc3c(C(=O)O)nn(-c4ccc(Cl)cc4Cl)c32)cc1. The van der Waals surface area contributed by atoms with Crippen molar-refractivity contribution in [2.24, 2.45) is 0 Å². The molecule has 1 aromatic heterocycles. The number of aryl methyl sites for hydroxylation is 1. The molecule has 0 bridgehead atoms. The van der Waals surface area contributed by atoms with E-state index in [9.17, 15) is 9.90 Å². The predicted molar refractivity (Wildman–Crippen MR) is 122 cm³/mol. The smallest absolute Gasteiger partial charge is 0.356 e. The van der Waals surface area contributed by atoms with Crippen LogP contribution in [0.5, 0.6) is 0 Å². The molecule has 6 heteroatoms. The number of aromatic carboxylic acids is 1. The van der Waals surface area contributed by atoms with Crippen molar-refractivity contribution in [3.63, 3.8) is 0 Å². The number of hydrogen-bond acceptors (Lipinski definition) is 2. The Morgan fingerprint density at radius 1 is 1.17 bits per heavy atom. The maximum absolute atomic E-state index is 11.9. The zero-order valence-corrected chi connectivity index (χ0v) is 18.2. The maximum atomic E-state index is 11.9.